The minimum absolute atomic E-state index is 0.0854. The molecular weight excluding hydrogens is 258 g/mol. The Kier molecular flexibility index (Phi) is 4.11. The lowest BCUT2D eigenvalue weighted by Crippen LogP contribution is -2.18. The molecule has 1 saturated carbocycles. The molecule has 1 unspecified atom stereocenters. The smallest absolute Gasteiger partial charge is 0.0723 e. The van der Waals surface area contributed by atoms with E-state index < -0.39 is 0 Å². The van der Waals surface area contributed by atoms with E-state index in [-0.39, 0.29) is 6.04 Å². The first kappa shape index (κ1) is 14.3. The van der Waals surface area contributed by atoms with E-state index in [1.54, 1.807) is 0 Å². The number of nitrogens with two attached hydrogens (primary N) is 1. The van der Waals surface area contributed by atoms with Crippen molar-refractivity contribution in [1.82, 2.24) is 9.78 Å². The first-order valence-corrected chi connectivity index (χ1v) is 8.15. The van der Waals surface area contributed by atoms with Gasteiger partial charge in [-0.05, 0) is 49.3 Å². The highest BCUT2D eigenvalue weighted by Crippen LogP contribution is 2.37. The quantitative estimate of drug-likeness (QED) is 0.907. The summed E-state index contributed by atoms with van der Waals surface area (Å²) < 4.78 is 2.04. The van der Waals surface area contributed by atoms with Gasteiger partial charge < -0.3 is 5.73 Å². The summed E-state index contributed by atoms with van der Waals surface area (Å²) in [5, 5.41) is 4.62. The number of benzene rings is 1. The fraction of sp³-hybridized carbons (Fsp3) is 0.500. The van der Waals surface area contributed by atoms with Crippen LogP contribution in [0.4, 0.5) is 0 Å². The highest BCUT2D eigenvalue weighted by atomic mass is 15.3. The van der Waals surface area contributed by atoms with E-state index >= 15 is 0 Å². The number of nitrogens with zero attached hydrogens (tertiary/aromatic N) is 2. The van der Waals surface area contributed by atoms with Crippen molar-refractivity contribution >= 4 is 0 Å². The summed E-state index contributed by atoms with van der Waals surface area (Å²) >= 11 is 0. The van der Waals surface area contributed by atoms with Crippen LogP contribution in [0.15, 0.2) is 30.3 Å². The van der Waals surface area contributed by atoms with Crippen LogP contribution in [0.25, 0.3) is 0 Å². The van der Waals surface area contributed by atoms with E-state index in [1.165, 1.54) is 30.4 Å². The molecule has 3 rings (SSSR count). The Bertz CT molecular complexity index is 611. The first-order chi connectivity index (χ1) is 10.2. The Morgan fingerprint density at radius 2 is 2.10 bits per heavy atom. The van der Waals surface area contributed by atoms with Gasteiger partial charge in [0.1, 0.15) is 0 Å². The minimum Gasteiger partial charge on any atom is -0.319 e. The molecule has 0 radical (unpaired) electrons. The van der Waals surface area contributed by atoms with Crippen molar-refractivity contribution in [3.05, 3.63) is 52.8 Å². The monoisotopic (exact) mass is 283 g/mol. The number of rotatable bonds is 5. The molecule has 2 N–H and O–H groups in total. The Labute approximate surface area is 127 Å². The van der Waals surface area contributed by atoms with Crippen LogP contribution in [-0.2, 0) is 13.0 Å². The van der Waals surface area contributed by atoms with Gasteiger partial charge in [0.15, 0.2) is 0 Å². The zero-order chi connectivity index (χ0) is 14.8. The second-order valence-electron chi connectivity index (χ2n) is 6.01. The van der Waals surface area contributed by atoms with E-state index in [2.05, 4.69) is 49.3 Å². The van der Waals surface area contributed by atoms with Gasteiger partial charge in [-0.25, -0.2) is 0 Å². The van der Waals surface area contributed by atoms with Crippen molar-refractivity contribution in [2.75, 3.05) is 0 Å². The summed E-state index contributed by atoms with van der Waals surface area (Å²) in [5.74, 6) is 0.749. The van der Waals surface area contributed by atoms with E-state index in [9.17, 15) is 0 Å². The molecule has 1 fully saturated rings. The first-order valence-electron chi connectivity index (χ1n) is 8.15. The summed E-state index contributed by atoms with van der Waals surface area (Å²) in [6.45, 7) is 5.12. The molecule has 0 aliphatic heterocycles. The fourth-order valence-corrected chi connectivity index (χ4v) is 3.08. The molecule has 0 saturated heterocycles. The lowest BCUT2D eigenvalue weighted by atomic mass is 9.79. The van der Waals surface area contributed by atoms with Gasteiger partial charge in [0.25, 0.3) is 0 Å². The second-order valence-corrected chi connectivity index (χ2v) is 6.01. The third kappa shape index (κ3) is 2.75. The molecule has 2 aromatic rings. The SMILES string of the molecule is CCc1cc(C(N)c2cccc(C3CCC3)c2)n(CC)n1. The summed E-state index contributed by atoms with van der Waals surface area (Å²) in [6.07, 6.45) is 4.97. The van der Waals surface area contributed by atoms with Crippen molar-refractivity contribution in [3.8, 4) is 0 Å². The third-order valence-corrected chi connectivity index (χ3v) is 4.69. The van der Waals surface area contributed by atoms with Crippen molar-refractivity contribution in [3.63, 3.8) is 0 Å². The Morgan fingerprint density at radius 3 is 2.71 bits per heavy atom. The Hall–Kier alpha value is -1.61. The van der Waals surface area contributed by atoms with Crippen LogP contribution in [0.2, 0.25) is 0 Å². The lowest BCUT2D eigenvalue weighted by molar-refractivity contribution is 0.419. The van der Waals surface area contributed by atoms with Gasteiger partial charge in [-0.2, -0.15) is 5.10 Å². The summed E-state index contributed by atoms with van der Waals surface area (Å²) in [6, 6.07) is 10.9. The maximum atomic E-state index is 6.53. The van der Waals surface area contributed by atoms with Gasteiger partial charge in [-0.1, -0.05) is 37.6 Å². The largest absolute Gasteiger partial charge is 0.319 e. The molecule has 1 aliphatic rings. The lowest BCUT2D eigenvalue weighted by Gasteiger charge is -2.26. The van der Waals surface area contributed by atoms with Crippen LogP contribution < -0.4 is 5.73 Å². The van der Waals surface area contributed by atoms with Gasteiger partial charge in [0.2, 0.25) is 0 Å². The molecule has 1 atom stereocenters. The summed E-state index contributed by atoms with van der Waals surface area (Å²) in [5.41, 5.74) is 11.4. The van der Waals surface area contributed by atoms with Gasteiger partial charge in [0, 0.05) is 6.54 Å². The molecule has 112 valence electrons. The molecule has 0 bridgehead atoms. The predicted octanol–water partition coefficient (Wildman–Crippen LogP) is 3.78. The van der Waals surface area contributed by atoms with E-state index in [4.69, 9.17) is 5.73 Å². The van der Waals surface area contributed by atoms with Crippen molar-refractivity contribution in [2.24, 2.45) is 5.73 Å². The van der Waals surface area contributed by atoms with Crippen molar-refractivity contribution in [2.45, 2.75) is 58.0 Å². The average molecular weight is 283 g/mol. The second kappa shape index (κ2) is 6.02. The molecule has 0 amide bonds. The molecule has 0 spiro atoms. The van der Waals surface area contributed by atoms with E-state index in [0.717, 1.165) is 30.3 Å². The van der Waals surface area contributed by atoms with Crippen molar-refractivity contribution in [1.29, 1.82) is 0 Å². The molecule has 1 heterocycles. The van der Waals surface area contributed by atoms with Crippen LogP contribution in [-0.4, -0.2) is 9.78 Å². The topological polar surface area (TPSA) is 43.8 Å². The minimum atomic E-state index is -0.0854. The van der Waals surface area contributed by atoms with E-state index in [1.807, 2.05) is 4.68 Å². The van der Waals surface area contributed by atoms with Gasteiger partial charge in [-0.15, -0.1) is 0 Å². The number of hydrogen-bond donors (Lipinski definition) is 1. The highest BCUT2D eigenvalue weighted by Gasteiger charge is 2.21. The normalized spacial score (nSPS) is 16.7. The fourth-order valence-electron chi connectivity index (χ4n) is 3.08. The van der Waals surface area contributed by atoms with Gasteiger partial charge >= 0.3 is 0 Å². The Morgan fingerprint density at radius 1 is 1.29 bits per heavy atom. The van der Waals surface area contributed by atoms with Crippen LogP contribution in [0.3, 0.4) is 0 Å². The molecule has 21 heavy (non-hydrogen) atoms. The molecule has 1 aliphatic carbocycles. The van der Waals surface area contributed by atoms with Gasteiger partial charge in [0.05, 0.1) is 17.4 Å². The molecule has 1 aromatic heterocycles. The van der Waals surface area contributed by atoms with Crippen LogP contribution in [0, 0.1) is 0 Å². The van der Waals surface area contributed by atoms with E-state index in [0.29, 0.717) is 0 Å². The summed E-state index contributed by atoms with van der Waals surface area (Å²) in [7, 11) is 0. The van der Waals surface area contributed by atoms with Crippen LogP contribution in [0.1, 0.15) is 67.6 Å². The zero-order valence-electron chi connectivity index (χ0n) is 13.0. The zero-order valence-corrected chi connectivity index (χ0v) is 13.0. The van der Waals surface area contributed by atoms with Gasteiger partial charge in [-0.3, -0.25) is 4.68 Å². The number of aryl methyl sites for hydroxylation is 2. The highest BCUT2D eigenvalue weighted by molar-refractivity contribution is 5.34. The maximum absolute atomic E-state index is 6.53. The number of aromatic nitrogens is 2. The molecule has 3 heteroatoms. The number of hydrogen-bond acceptors (Lipinski definition) is 2. The maximum Gasteiger partial charge on any atom is 0.0723 e. The molecule has 3 nitrogen and oxygen atoms in total. The average Bonchev–Trinajstić information content (AvgIpc) is 2.88. The molecular formula is C18H25N3. The van der Waals surface area contributed by atoms with Crippen LogP contribution in [0.5, 0.6) is 0 Å². The van der Waals surface area contributed by atoms with Crippen molar-refractivity contribution < 1.29 is 0 Å². The standard InChI is InChI=1S/C18H25N3/c1-3-16-12-17(21(4-2)20-16)18(19)15-10-6-9-14(11-15)13-7-5-8-13/h6,9-13,18H,3-5,7-8,19H2,1-2H3. The predicted molar refractivity (Wildman–Crippen MR) is 86.3 cm³/mol. The third-order valence-electron chi connectivity index (χ3n) is 4.69. The Balaban J connectivity index is 1.90. The van der Waals surface area contributed by atoms with Crippen LogP contribution >= 0.6 is 0 Å². The summed E-state index contributed by atoms with van der Waals surface area (Å²) in [4.78, 5) is 0. The molecule has 1 aromatic carbocycles.